The number of carbonyl (C=O) groups excluding carboxylic acids is 2. The van der Waals surface area contributed by atoms with Gasteiger partial charge in [-0.3, -0.25) is 19.8 Å². The van der Waals surface area contributed by atoms with E-state index in [-0.39, 0.29) is 30.0 Å². The van der Waals surface area contributed by atoms with E-state index in [0.29, 0.717) is 13.1 Å². The first-order valence-electron chi connectivity index (χ1n) is 5.77. The number of nitrogens with one attached hydrogen (secondary N) is 1. The fourth-order valence-corrected chi connectivity index (χ4v) is 2.30. The molecule has 1 aromatic rings. The normalized spacial score (nSPS) is 24.3. The van der Waals surface area contributed by atoms with Crippen molar-refractivity contribution in [2.75, 3.05) is 13.1 Å². The Hall–Kier alpha value is -2.29. The van der Waals surface area contributed by atoms with E-state index in [2.05, 4.69) is 15.6 Å². The summed E-state index contributed by atoms with van der Waals surface area (Å²) in [7, 11) is 0. The second-order valence-corrected chi connectivity index (χ2v) is 4.63. The van der Waals surface area contributed by atoms with Crippen LogP contribution in [0.15, 0.2) is 6.20 Å². The maximum Gasteiger partial charge on any atom is 0.358 e. The van der Waals surface area contributed by atoms with Gasteiger partial charge in [-0.05, 0) is 0 Å². The third kappa shape index (κ3) is 1.97. The molecule has 1 atom stereocenters. The monoisotopic (exact) mass is 265 g/mol. The maximum atomic E-state index is 11.5. The highest BCUT2D eigenvalue weighted by Gasteiger charge is 2.42. The number of nitrogens with zero attached hydrogens (tertiary/aromatic N) is 4. The van der Waals surface area contributed by atoms with E-state index >= 15 is 0 Å². The Kier molecular flexibility index (Phi) is 2.56. The largest absolute Gasteiger partial charge is 0.476 e. The second-order valence-electron chi connectivity index (χ2n) is 4.63. The lowest BCUT2D eigenvalue weighted by molar-refractivity contribution is -0.127. The van der Waals surface area contributed by atoms with E-state index in [9.17, 15) is 14.4 Å². The van der Waals surface area contributed by atoms with Gasteiger partial charge < -0.3 is 5.11 Å². The molecular formula is C10H11N5O4. The molecule has 2 aliphatic heterocycles. The van der Waals surface area contributed by atoms with Crippen molar-refractivity contribution in [3.05, 3.63) is 11.9 Å². The number of carboxylic acid groups (broad SMARTS) is 1. The predicted octanol–water partition coefficient (Wildman–Crippen LogP) is -1.75. The fourth-order valence-electron chi connectivity index (χ4n) is 2.30. The Balaban J connectivity index is 1.62. The molecule has 0 spiro atoms. The van der Waals surface area contributed by atoms with E-state index in [1.807, 2.05) is 4.90 Å². The first-order chi connectivity index (χ1) is 9.04. The third-order valence-electron chi connectivity index (χ3n) is 3.38. The van der Waals surface area contributed by atoms with Crippen molar-refractivity contribution in [2.24, 2.45) is 0 Å². The molecule has 1 unspecified atom stereocenters. The molecule has 0 saturated carbocycles. The van der Waals surface area contributed by atoms with Gasteiger partial charge in [0.25, 0.3) is 0 Å². The summed E-state index contributed by atoms with van der Waals surface area (Å²) in [6.07, 6.45) is 1.55. The lowest BCUT2D eigenvalue weighted by Crippen LogP contribution is -2.54. The van der Waals surface area contributed by atoms with Crippen LogP contribution in [0.3, 0.4) is 0 Å². The number of aromatic nitrogens is 3. The zero-order chi connectivity index (χ0) is 13.6. The van der Waals surface area contributed by atoms with Crippen molar-refractivity contribution in [3.8, 4) is 0 Å². The SMILES string of the molecule is O=C1CC(N2CC(n3cc(C(=O)O)nn3)C2)C(=O)N1. The summed E-state index contributed by atoms with van der Waals surface area (Å²) >= 11 is 0. The Labute approximate surface area is 107 Å². The van der Waals surface area contributed by atoms with Gasteiger partial charge in [-0.25, -0.2) is 9.48 Å². The van der Waals surface area contributed by atoms with Gasteiger partial charge >= 0.3 is 5.97 Å². The molecule has 2 N–H and O–H groups in total. The Morgan fingerprint density at radius 3 is 2.68 bits per heavy atom. The minimum Gasteiger partial charge on any atom is -0.476 e. The van der Waals surface area contributed by atoms with Crippen LogP contribution in [0.4, 0.5) is 0 Å². The molecule has 9 nitrogen and oxygen atoms in total. The van der Waals surface area contributed by atoms with E-state index < -0.39 is 12.0 Å². The van der Waals surface area contributed by atoms with Gasteiger partial charge in [0, 0.05) is 13.1 Å². The molecule has 2 fully saturated rings. The molecule has 2 amide bonds. The Bertz CT molecular complexity index is 562. The summed E-state index contributed by atoms with van der Waals surface area (Å²) in [6.45, 7) is 1.10. The van der Waals surface area contributed by atoms with Gasteiger partial charge in [0.15, 0.2) is 5.69 Å². The van der Waals surface area contributed by atoms with E-state index in [4.69, 9.17) is 5.11 Å². The van der Waals surface area contributed by atoms with Gasteiger partial charge in [0.05, 0.1) is 24.7 Å². The van der Waals surface area contributed by atoms with Crippen LogP contribution < -0.4 is 5.32 Å². The molecule has 9 heteroatoms. The Morgan fingerprint density at radius 2 is 2.16 bits per heavy atom. The van der Waals surface area contributed by atoms with Gasteiger partial charge in [-0.2, -0.15) is 0 Å². The highest BCUT2D eigenvalue weighted by molar-refractivity contribution is 6.05. The summed E-state index contributed by atoms with van der Waals surface area (Å²) in [5.41, 5.74) is -0.104. The van der Waals surface area contributed by atoms with Crippen molar-refractivity contribution in [2.45, 2.75) is 18.5 Å². The summed E-state index contributed by atoms with van der Waals surface area (Å²) in [4.78, 5) is 35.1. The number of amides is 2. The molecule has 1 aromatic heterocycles. The van der Waals surface area contributed by atoms with Crippen LogP contribution in [-0.4, -0.2) is 61.9 Å². The lowest BCUT2D eigenvalue weighted by Gasteiger charge is -2.41. The fraction of sp³-hybridized carbons (Fsp3) is 0.500. The van der Waals surface area contributed by atoms with Crippen molar-refractivity contribution in [3.63, 3.8) is 0 Å². The molecule has 19 heavy (non-hydrogen) atoms. The zero-order valence-corrected chi connectivity index (χ0v) is 9.81. The van der Waals surface area contributed by atoms with E-state index in [0.717, 1.165) is 0 Å². The molecule has 0 radical (unpaired) electrons. The van der Waals surface area contributed by atoms with Crippen molar-refractivity contribution >= 4 is 17.8 Å². The van der Waals surface area contributed by atoms with Gasteiger partial charge in [-0.1, -0.05) is 5.21 Å². The second kappa shape index (κ2) is 4.12. The molecule has 100 valence electrons. The minimum absolute atomic E-state index is 0.0101. The quantitative estimate of drug-likeness (QED) is 0.622. The summed E-state index contributed by atoms with van der Waals surface area (Å²) in [5.74, 6) is -1.65. The number of rotatable bonds is 3. The number of likely N-dealkylation sites (tertiary alicyclic amines) is 1. The maximum absolute atomic E-state index is 11.5. The highest BCUT2D eigenvalue weighted by atomic mass is 16.4. The molecule has 0 aliphatic carbocycles. The third-order valence-corrected chi connectivity index (χ3v) is 3.38. The average Bonchev–Trinajstić information content (AvgIpc) is 2.85. The molecule has 0 bridgehead atoms. The smallest absolute Gasteiger partial charge is 0.358 e. The first kappa shape index (κ1) is 11.8. The topological polar surface area (TPSA) is 117 Å². The van der Waals surface area contributed by atoms with Gasteiger partial charge in [0.1, 0.15) is 0 Å². The lowest BCUT2D eigenvalue weighted by atomic mass is 10.0. The number of aromatic carboxylic acids is 1. The van der Waals surface area contributed by atoms with Crippen LogP contribution >= 0.6 is 0 Å². The molecule has 2 saturated heterocycles. The number of hydrogen-bond acceptors (Lipinski definition) is 6. The molecule has 3 rings (SSSR count). The van der Waals surface area contributed by atoms with Crippen LogP contribution in [0.5, 0.6) is 0 Å². The van der Waals surface area contributed by atoms with E-state index in [1.54, 1.807) is 0 Å². The number of hydrogen-bond donors (Lipinski definition) is 2. The number of carboxylic acids is 1. The Morgan fingerprint density at radius 1 is 1.42 bits per heavy atom. The van der Waals surface area contributed by atoms with Crippen LogP contribution in [0.1, 0.15) is 23.0 Å². The number of imide groups is 1. The highest BCUT2D eigenvalue weighted by Crippen LogP contribution is 2.25. The molecule has 3 heterocycles. The van der Waals surface area contributed by atoms with E-state index in [1.165, 1.54) is 10.9 Å². The van der Waals surface area contributed by atoms with Gasteiger partial charge in [0.2, 0.25) is 11.8 Å². The summed E-state index contributed by atoms with van der Waals surface area (Å²) < 4.78 is 1.48. The zero-order valence-electron chi connectivity index (χ0n) is 9.81. The minimum atomic E-state index is -1.12. The van der Waals surface area contributed by atoms with Crippen LogP contribution in [0.2, 0.25) is 0 Å². The molecular weight excluding hydrogens is 254 g/mol. The summed E-state index contributed by atoms with van der Waals surface area (Å²) in [5, 5.41) is 18.3. The van der Waals surface area contributed by atoms with Crippen molar-refractivity contribution < 1.29 is 19.5 Å². The standard InChI is InChI=1S/C10H11N5O4/c16-8-1-7(9(17)11-8)14-2-5(3-14)15-4-6(10(18)19)12-13-15/h4-5,7H,1-3H2,(H,18,19)(H,11,16,17). The first-order valence-corrected chi connectivity index (χ1v) is 5.77. The predicted molar refractivity (Wildman–Crippen MR) is 59.1 cm³/mol. The van der Waals surface area contributed by atoms with Crippen LogP contribution in [0, 0.1) is 0 Å². The number of carbonyl (C=O) groups is 3. The van der Waals surface area contributed by atoms with Crippen molar-refractivity contribution in [1.82, 2.24) is 25.2 Å². The summed E-state index contributed by atoms with van der Waals surface area (Å²) in [6, 6.07) is -0.421. The van der Waals surface area contributed by atoms with Crippen LogP contribution in [0.25, 0.3) is 0 Å². The average molecular weight is 265 g/mol. The molecule has 0 aromatic carbocycles. The van der Waals surface area contributed by atoms with Crippen LogP contribution in [-0.2, 0) is 9.59 Å². The van der Waals surface area contributed by atoms with Gasteiger partial charge in [-0.15, -0.1) is 5.10 Å². The van der Waals surface area contributed by atoms with Crippen molar-refractivity contribution in [1.29, 1.82) is 0 Å². The molecule has 2 aliphatic rings.